The number of anilines is 2. The predicted molar refractivity (Wildman–Crippen MR) is 115 cm³/mol. The average molecular weight is 424 g/mol. The molecule has 0 radical (unpaired) electrons. The molecule has 1 aliphatic rings. The number of hydrogen-bond donors (Lipinski definition) is 3. The molecule has 0 aliphatic carbocycles. The molecule has 1 saturated heterocycles. The van der Waals surface area contributed by atoms with E-state index in [1.807, 2.05) is 19.9 Å². The second-order valence-corrected chi connectivity index (χ2v) is 8.80. The van der Waals surface area contributed by atoms with Crippen LogP contribution in [0.4, 0.5) is 11.4 Å². The van der Waals surface area contributed by atoms with E-state index in [4.69, 9.17) is 0 Å². The summed E-state index contributed by atoms with van der Waals surface area (Å²) in [5, 5.41) is 6.00. The van der Waals surface area contributed by atoms with Gasteiger partial charge in [-0.3, -0.25) is 9.52 Å². The summed E-state index contributed by atoms with van der Waals surface area (Å²) < 4.78 is 28.3. The Morgan fingerprint density at radius 3 is 2.43 bits per heavy atom. The highest BCUT2D eigenvalue weighted by molar-refractivity contribution is 7.92. The molecular formula is C20H26ClN3O3S. The van der Waals surface area contributed by atoms with E-state index in [0.717, 1.165) is 18.7 Å². The van der Waals surface area contributed by atoms with Gasteiger partial charge in [0.25, 0.3) is 10.0 Å². The van der Waals surface area contributed by atoms with Crippen molar-refractivity contribution in [2.75, 3.05) is 23.1 Å². The van der Waals surface area contributed by atoms with Crippen LogP contribution in [0.5, 0.6) is 0 Å². The van der Waals surface area contributed by atoms with E-state index < -0.39 is 10.0 Å². The Hall–Kier alpha value is -2.09. The molecule has 6 nitrogen and oxygen atoms in total. The van der Waals surface area contributed by atoms with Crippen molar-refractivity contribution in [3.63, 3.8) is 0 Å². The van der Waals surface area contributed by atoms with E-state index in [9.17, 15) is 13.2 Å². The van der Waals surface area contributed by atoms with Crippen molar-refractivity contribution in [3.05, 3.63) is 53.6 Å². The van der Waals surface area contributed by atoms with Crippen LogP contribution in [0, 0.1) is 25.7 Å². The van der Waals surface area contributed by atoms with Crippen LogP contribution in [0.25, 0.3) is 0 Å². The minimum absolute atomic E-state index is 0. The Balaban J connectivity index is 0.00000280. The Morgan fingerprint density at radius 2 is 1.82 bits per heavy atom. The number of carbonyl (C=O) groups excluding carboxylic acids is 1. The van der Waals surface area contributed by atoms with Gasteiger partial charge < -0.3 is 10.6 Å². The summed E-state index contributed by atoms with van der Waals surface area (Å²) >= 11 is 0. The lowest BCUT2D eigenvalue weighted by atomic mass is 9.88. The summed E-state index contributed by atoms with van der Waals surface area (Å²) in [6.45, 7) is 7.20. The molecule has 0 saturated carbocycles. The highest BCUT2D eigenvalue weighted by atomic mass is 35.5. The summed E-state index contributed by atoms with van der Waals surface area (Å²) in [4.78, 5) is 12.6. The number of halogens is 1. The molecular weight excluding hydrogens is 398 g/mol. The maximum Gasteiger partial charge on any atom is 0.262 e. The molecule has 1 heterocycles. The Labute approximate surface area is 172 Å². The number of nitrogens with one attached hydrogen (secondary N) is 3. The van der Waals surface area contributed by atoms with Crippen LogP contribution in [0.2, 0.25) is 0 Å². The number of amides is 1. The Morgan fingerprint density at radius 1 is 1.11 bits per heavy atom. The van der Waals surface area contributed by atoms with E-state index in [2.05, 4.69) is 15.4 Å². The van der Waals surface area contributed by atoms with Gasteiger partial charge in [0, 0.05) is 17.3 Å². The summed E-state index contributed by atoms with van der Waals surface area (Å²) in [5.41, 5.74) is 2.57. The van der Waals surface area contributed by atoms with Gasteiger partial charge >= 0.3 is 0 Å². The minimum Gasteiger partial charge on any atom is -0.326 e. The van der Waals surface area contributed by atoms with Crippen LogP contribution in [0.1, 0.15) is 18.1 Å². The summed E-state index contributed by atoms with van der Waals surface area (Å²) in [6, 6.07) is 12.1. The number of carbonyl (C=O) groups is 1. The fourth-order valence-electron chi connectivity index (χ4n) is 3.02. The SMILES string of the molecule is Cc1cccc(NS(=O)(=O)c2cc(NC(=O)C(C)C3CNC3)ccc2C)c1.Cl. The summed E-state index contributed by atoms with van der Waals surface area (Å²) in [6.07, 6.45) is 0. The van der Waals surface area contributed by atoms with E-state index in [1.165, 1.54) is 6.07 Å². The van der Waals surface area contributed by atoms with E-state index >= 15 is 0 Å². The van der Waals surface area contributed by atoms with Crippen molar-refractivity contribution in [1.82, 2.24) is 5.32 Å². The zero-order chi connectivity index (χ0) is 19.6. The molecule has 0 spiro atoms. The van der Waals surface area contributed by atoms with Crippen LogP contribution in [-0.2, 0) is 14.8 Å². The van der Waals surface area contributed by atoms with Gasteiger partial charge in [0.2, 0.25) is 5.91 Å². The molecule has 1 amide bonds. The van der Waals surface area contributed by atoms with E-state index in [1.54, 1.807) is 37.3 Å². The van der Waals surface area contributed by atoms with Crippen LogP contribution < -0.4 is 15.4 Å². The third-order valence-electron chi connectivity index (χ3n) is 4.95. The van der Waals surface area contributed by atoms with Gasteiger partial charge in [-0.15, -0.1) is 12.4 Å². The number of rotatable bonds is 6. The Kier molecular flexibility index (Phi) is 7.09. The molecule has 8 heteroatoms. The molecule has 0 aromatic heterocycles. The van der Waals surface area contributed by atoms with Crippen molar-refractivity contribution in [1.29, 1.82) is 0 Å². The average Bonchev–Trinajstić information content (AvgIpc) is 2.54. The number of benzene rings is 2. The van der Waals surface area contributed by atoms with Crippen molar-refractivity contribution in [2.45, 2.75) is 25.7 Å². The van der Waals surface area contributed by atoms with E-state index in [0.29, 0.717) is 22.9 Å². The largest absolute Gasteiger partial charge is 0.326 e. The second-order valence-electron chi connectivity index (χ2n) is 7.15. The van der Waals surface area contributed by atoms with Crippen molar-refractivity contribution >= 4 is 39.7 Å². The molecule has 3 rings (SSSR count). The van der Waals surface area contributed by atoms with Crippen molar-refractivity contribution in [3.8, 4) is 0 Å². The summed E-state index contributed by atoms with van der Waals surface area (Å²) in [5.74, 6) is 0.0972. The standard InChI is InChI=1S/C20H25N3O3S.ClH/c1-13-5-4-6-18(9-13)23-27(25,26)19-10-17(8-7-14(19)2)22-20(24)15(3)16-11-21-12-16;/h4-10,15-16,21,23H,11-12H2,1-3H3,(H,22,24);1H. The fourth-order valence-corrected chi connectivity index (χ4v) is 4.34. The molecule has 152 valence electrons. The normalized spacial score (nSPS) is 15.1. The third-order valence-corrected chi connectivity index (χ3v) is 6.47. The molecule has 3 N–H and O–H groups in total. The maximum absolute atomic E-state index is 12.8. The van der Waals surface area contributed by atoms with Crippen LogP contribution in [0.3, 0.4) is 0 Å². The molecule has 1 unspecified atom stereocenters. The monoisotopic (exact) mass is 423 g/mol. The first-order valence-corrected chi connectivity index (χ1v) is 10.5. The first-order valence-electron chi connectivity index (χ1n) is 8.98. The van der Waals surface area contributed by atoms with Crippen molar-refractivity contribution in [2.24, 2.45) is 11.8 Å². The Bertz CT molecular complexity index is 959. The molecule has 28 heavy (non-hydrogen) atoms. The van der Waals surface area contributed by atoms with Gasteiger partial charge in [-0.25, -0.2) is 8.42 Å². The molecule has 2 aromatic carbocycles. The predicted octanol–water partition coefficient (Wildman–Crippen LogP) is 3.32. The quantitative estimate of drug-likeness (QED) is 0.665. The molecule has 1 aliphatic heterocycles. The topological polar surface area (TPSA) is 87.3 Å². The number of hydrogen-bond acceptors (Lipinski definition) is 4. The van der Waals surface area contributed by atoms with Gasteiger partial charge in [-0.05, 0) is 68.2 Å². The molecule has 1 atom stereocenters. The van der Waals surface area contributed by atoms with Gasteiger partial charge in [0.1, 0.15) is 0 Å². The molecule has 1 fully saturated rings. The maximum atomic E-state index is 12.8. The van der Waals surface area contributed by atoms with Gasteiger partial charge in [-0.1, -0.05) is 25.1 Å². The lowest BCUT2D eigenvalue weighted by Crippen LogP contribution is -2.48. The molecule has 0 bridgehead atoms. The number of sulfonamides is 1. The van der Waals surface area contributed by atoms with E-state index in [-0.39, 0.29) is 29.1 Å². The first-order chi connectivity index (χ1) is 12.8. The minimum atomic E-state index is -3.76. The third kappa shape index (κ3) is 5.04. The second kappa shape index (κ2) is 8.94. The lowest BCUT2D eigenvalue weighted by molar-refractivity contribution is -0.121. The first kappa shape index (κ1) is 22.2. The zero-order valence-electron chi connectivity index (χ0n) is 16.2. The smallest absolute Gasteiger partial charge is 0.262 e. The van der Waals surface area contributed by atoms with Crippen LogP contribution in [-0.4, -0.2) is 27.4 Å². The number of aryl methyl sites for hydroxylation is 2. The van der Waals surface area contributed by atoms with Crippen LogP contribution >= 0.6 is 12.4 Å². The molecule has 2 aromatic rings. The summed E-state index contributed by atoms with van der Waals surface area (Å²) in [7, 11) is -3.76. The van der Waals surface area contributed by atoms with Crippen LogP contribution in [0.15, 0.2) is 47.4 Å². The van der Waals surface area contributed by atoms with Gasteiger partial charge in [-0.2, -0.15) is 0 Å². The highest BCUT2D eigenvalue weighted by Gasteiger charge is 2.29. The highest BCUT2D eigenvalue weighted by Crippen LogP contribution is 2.25. The zero-order valence-corrected chi connectivity index (χ0v) is 17.8. The van der Waals surface area contributed by atoms with Crippen molar-refractivity contribution < 1.29 is 13.2 Å². The lowest BCUT2D eigenvalue weighted by Gasteiger charge is -2.31. The van der Waals surface area contributed by atoms with Gasteiger partial charge in [0.15, 0.2) is 0 Å². The van der Waals surface area contributed by atoms with Gasteiger partial charge in [0.05, 0.1) is 4.90 Å². The fraction of sp³-hybridized carbons (Fsp3) is 0.350.